The highest BCUT2D eigenvalue weighted by Gasteiger charge is 2.85. The highest BCUT2D eigenvalue weighted by Crippen LogP contribution is 2.80. The lowest BCUT2D eigenvalue weighted by Gasteiger charge is -2.58. The summed E-state index contributed by atoms with van der Waals surface area (Å²) < 4.78 is 54.4. The van der Waals surface area contributed by atoms with Crippen molar-refractivity contribution in [2.24, 2.45) is 22.7 Å². The zero-order chi connectivity index (χ0) is 41.8. The standard InChI is InChI=1S/C42H62O17/c1-19-36(58-38-35(50)33(48)31(46)26(57-38)18-53-37-34(49)32(47)30(45)25(16-43)56-37)24(51-4)15-29(54-19)55-22-6-9-39(2)21(14-22)5-11-41-27(39)8-10-40(3)23(7-12-42(40,41)59-41)20-13-28(44)52-17-20/h7,13,19,21-22,24-27,29-38,43,45-50H,5-6,8-12,14-18H2,1-4H3/t19-,21-,22+,24-,25-,26-,27+,29+,30-,31-,32+,33+,34-,35-,36+,37-,38+,39+,40-,41-,42+/m1/s1. The summed E-state index contributed by atoms with van der Waals surface area (Å²) >= 11 is 0. The molecular formula is C42H62O17. The van der Waals surface area contributed by atoms with Crippen molar-refractivity contribution in [3.63, 3.8) is 0 Å². The third kappa shape index (κ3) is 6.64. The fourth-order valence-electron chi connectivity index (χ4n) is 12.9. The highest BCUT2D eigenvalue weighted by molar-refractivity contribution is 5.87. The third-order valence-corrected chi connectivity index (χ3v) is 16.2. The van der Waals surface area contributed by atoms with E-state index in [1.54, 1.807) is 13.2 Å². The Labute approximate surface area is 343 Å². The lowest BCUT2D eigenvalue weighted by Crippen LogP contribution is -2.63. The first kappa shape index (κ1) is 42.6. The smallest absolute Gasteiger partial charge is 0.331 e. The first-order chi connectivity index (χ1) is 28.1. The molecule has 4 saturated heterocycles. The van der Waals surface area contributed by atoms with Crippen molar-refractivity contribution < 1.29 is 83.2 Å². The minimum atomic E-state index is -1.69. The van der Waals surface area contributed by atoms with Crippen molar-refractivity contribution >= 4 is 5.97 Å². The minimum absolute atomic E-state index is 0.00610. The third-order valence-electron chi connectivity index (χ3n) is 16.2. The van der Waals surface area contributed by atoms with Crippen molar-refractivity contribution in [3.05, 3.63) is 23.3 Å². The van der Waals surface area contributed by atoms with Crippen LogP contribution in [0.15, 0.2) is 23.3 Å². The Morgan fingerprint density at radius 2 is 1.56 bits per heavy atom. The predicted octanol–water partition coefficient (Wildman–Crippen LogP) is -0.132. The molecule has 17 heteroatoms. The molecule has 9 aliphatic rings. The Bertz CT molecular complexity index is 1660. The van der Waals surface area contributed by atoms with Crippen LogP contribution in [0, 0.1) is 22.7 Å². The van der Waals surface area contributed by atoms with Crippen LogP contribution in [0.2, 0.25) is 0 Å². The Morgan fingerprint density at radius 1 is 0.831 bits per heavy atom. The lowest BCUT2D eigenvalue weighted by molar-refractivity contribution is -0.355. The van der Waals surface area contributed by atoms with Gasteiger partial charge in [0.2, 0.25) is 0 Å². The average Bonchev–Trinajstić information content (AvgIpc) is 3.53. The fourth-order valence-corrected chi connectivity index (χ4v) is 12.9. The van der Waals surface area contributed by atoms with Gasteiger partial charge >= 0.3 is 5.97 Å². The van der Waals surface area contributed by atoms with E-state index in [2.05, 4.69) is 19.9 Å². The Balaban J connectivity index is 0.797. The van der Waals surface area contributed by atoms with Gasteiger partial charge < -0.3 is 78.4 Å². The molecule has 0 unspecified atom stereocenters. The van der Waals surface area contributed by atoms with Crippen LogP contribution < -0.4 is 0 Å². The molecule has 9 rings (SSSR count). The van der Waals surface area contributed by atoms with Gasteiger partial charge in [0.25, 0.3) is 0 Å². The molecule has 2 spiro atoms. The molecule has 4 aliphatic carbocycles. The minimum Gasteiger partial charge on any atom is -0.458 e. The number of carbonyl (C=O) groups excluding carboxylic acids is 1. The number of epoxide rings is 1. The molecule has 0 aromatic rings. The van der Waals surface area contributed by atoms with E-state index < -0.39 is 99.2 Å². The largest absolute Gasteiger partial charge is 0.458 e. The Kier molecular flexibility index (Phi) is 11.2. The maximum Gasteiger partial charge on any atom is 0.331 e. The summed E-state index contributed by atoms with van der Waals surface area (Å²) in [6.45, 7) is 5.85. The SMILES string of the molecule is CO[C@@H]1C[C@H](O[C@H]2CC[C@@]3(C)[C@H](CC[C@]45O[C@]46CC=C(C4=CC(=O)OC4)[C@@]6(C)CC[C@@H]35)C2)O[C@H](C)[C@@H]1O[C@@H]1O[C@H](CO[C@@H]2O[C@H](CO)[C@@H](O)[C@H](O)[C@H]2O)[C@@H](O)[C@H](O)[C@H]1O. The zero-order valence-electron chi connectivity index (χ0n) is 34.2. The summed E-state index contributed by atoms with van der Waals surface area (Å²) in [5.41, 5.74) is 1.87. The van der Waals surface area contributed by atoms with Crippen LogP contribution in [0.25, 0.3) is 0 Å². The summed E-state index contributed by atoms with van der Waals surface area (Å²) in [7, 11) is 1.55. The van der Waals surface area contributed by atoms with E-state index in [1.165, 1.54) is 5.57 Å². The van der Waals surface area contributed by atoms with Gasteiger partial charge in [-0.05, 0) is 81.1 Å². The van der Waals surface area contributed by atoms with Crippen LogP contribution in [-0.4, -0.2) is 172 Å². The summed E-state index contributed by atoms with van der Waals surface area (Å²) in [6, 6.07) is 0. The normalized spacial score (nSPS) is 54.3. The van der Waals surface area contributed by atoms with Crippen LogP contribution in [0.1, 0.15) is 78.6 Å². The maximum atomic E-state index is 12.0. The molecule has 7 fully saturated rings. The molecular weight excluding hydrogens is 776 g/mol. The molecule has 17 nitrogen and oxygen atoms in total. The van der Waals surface area contributed by atoms with Gasteiger partial charge in [0, 0.05) is 30.6 Å². The van der Waals surface area contributed by atoms with Crippen LogP contribution in [0.4, 0.5) is 0 Å². The van der Waals surface area contributed by atoms with Gasteiger partial charge in [-0.3, -0.25) is 0 Å². The number of cyclic esters (lactones) is 1. The topological polar surface area (TPSA) is 245 Å². The van der Waals surface area contributed by atoms with Gasteiger partial charge in [-0.25, -0.2) is 4.79 Å². The van der Waals surface area contributed by atoms with E-state index >= 15 is 0 Å². The molecule has 7 N–H and O–H groups in total. The summed E-state index contributed by atoms with van der Waals surface area (Å²) in [5.74, 6) is 0.660. The van der Waals surface area contributed by atoms with Gasteiger partial charge in [0.05, 0.1) is 31.5 Å². The highest BCUT2D eigenvalue weighted by atomic mass is 16.8. The van der Waals surface area contributed by atoms with Crippen LogP contribution in [-0.2, 0) is 47.4 Å². The second-order valence-electron chi connectivity index (χ2n) is 19.0. The summed E-state index contributed by atoms with van der Waals surface area (Å²) in [4.78, 5) is 12.0. The molecule has 5 aliphatic heterocycles. The lowest BCUT2D eigenvalue weighted by atomic mass is 9.44. The number of aliphatic hydroxyl groups is 7. The molecule has 0 aromatic carbocycles. The van der Waals surface area contributed by atoms with E-state index in [-0.39, 0.29) is 34.1 Å². The number of ether oxygens (including phenoxy) is 9. The summed E-state index contributed by atoms with van der Waals surface area (Å²) in [6.07, 6.45) is -5.56. The van der Waals surface area contributed by atoms with Crippen molar-refractivity contribution in [1.82, 2.24) is 0 Å². The van der Waals surface area contributed by atoms with Gasteiger partial charge in [-0.1, -0.05) is 19.9 Å². The molecule has 0 bridgehead atoms. The van der Waals surface area contributed by atoms with Gasteiger partial charge in [-0.2, -0.15) is 0 Å². The van der Waals surface area contributed by atoms with E-state index in [0.717, 1.165) is 56.9 Å². The first-order valence-corrected chi connectivity index (χ1v) is 21.5. The predicted molar refractivity (Wildman–Crippen MR) is 200 cm³/mol. The van der Waals surface area contributed by atoms with E-state index in [9.17, 15) is 40.5 Å². The summed E-state index contributed by atoms with van der Waals surface area (Å²) in [5, 5.41) is 72.4. The van der Waals surface area contributed by atoms with Gasteiger partial charge in [0.1, 0.15) is 72.7 Å². The molecule has 3 saturated carbocycles. The number of esters is 1. The van der Waals surface area contributed by atoms with E-state index in [4.69, 9.17) is 42.6 Å². The number of fused-ring (bicyclic) bond motifs is 2. The monoisotopic (exact) mass is 838 g/mol. The number of hydrogen-bond acceptors (Lipinski definition) is 17. The van der Waals surface area contributed by atoms with E-state index in [1.807, 2.05) is 6.92 Å². The number of carbonyl (C=O) groups is 1. The Hall–Kier alpha value is -1.65. The van der Waals surface area contributed by atoms with Crippen LogP contribution >= 0.6 is 0 Å². The van der Waals surface area contributed by atoms with Crippen LogP contribution in [0.5, 0.6) is 0 Å². The maximum absolute atomic E-state index is 12.0. The molecule has 332 valence electrons. The fraction of sp³-hybridized carbons (Fsp3) is 0.881. The van der Waals surface area contributed by atoms with Gasteiger partial charge in [0.15, 0.2) is 18.9 Å². The quantitative estimate of drug-likeness (QED) is 0.0861. The number of aliphatic hydroxyl groups excluding tert-OH is 7. The van der Waals surface area contributed by atoms with Crippen molar-refractivity contribution in [3.8, 4) is 0 Å². The molecule has 59 heavy (non-hydrogen) atoms. The Morgan fingerprint density at radius 3 is 2.27 bits per heavy atom. The second-order valence-corrected chi connectivity index (χ2v) is 19.0. The molecule has 21 atom stereocenters. The van der Waals surface area contributed by atoms with Crippen molar-refractivity contribution in [2.75, 3.05) is 26.9 Å². The molecule has 0 radical (unpaired) electrons. The van der Waals surface area contributed by atoms with Crippen molar-refractivity contribution in [1.29, 1.82) is 0 Å². The van der Waals surface area contributed by atoms with Crippen molar-refractivity contribution in [2.45, 2.75) is 182 Å². The number of rotatable bonds is 10. The van der Waals surface area contributed by atoms with Gasteiger partial charge in [-0.15, -0.1) is 0 Å². The zero-order valence-corrected chi connectivity index (χ0v) is 34.2. The molecule has 0 aromatic heterocycles. The first-order valence-electron chi connectivity index (χ1n) is 21.5. The second kappa shape index (κ2) is 15.6. The van der Waals surface area contributed by atoms with E-state index in [0.29, 0.717) is 24.9 Å². The number of methoxy groups -OCH3 is 1. The molecule has 5 heterocycles. The average molecular weight is 839 g/mol. The van der Waals surface area contributed by atoms with Crippen LogP contribution in [0.3, 0.4) is 0 Å². The number of hydrogen-bond donors (Lipinski definition) is 7. The molecule has 0 amide bonds.